The molecule has 30 valence electrons. The number of hydrogen-bond acceptors (Lipinski definition) is 0. The van der Waals surface area contributed by atoms with Gasteiger partial charge in [-0.3, -0.25) is 0 Å². The molecule has 2 heteroatoms. The minimum Gasteiger partial charge on any atom is -0.106 e. The maximum absolute atomic E-state index is 2.31. The molecule has 5 heavy (non-hydrogen) atoms. The van der Waals surface area contributed by atoms with Gasteiger partial charge in [0.05, 0.1) is 0 Å². The van der Waals surface area contributed by atoms with Gasteiger partial charge in [0.2, 0.25) is 0 Å². The van der Waals surface area contributed by atoms with E-state index in [1.165, 1.54) is 0 Å². The Morgan fingerprint density at radius 2 is 1.00 bits per heavy atom. The molecule has 0 atom stereocenters. The van der Waals surface area contributed by atoms with Crippen molar-refractivity contribution in [3.8, 4) is 0 Å². The molecule has 0 aromatic rings. The van der Waals surface area contributed by atoms with Crippen LogP contribution in [0.15, 0.2) is 0 Å². The summed E-state index contributed by atoms with van der Waals surface area (Å²) in [5, 5.41) is 0. The second-order valence-electron chi connectivity index (χ2n) is 1.73. The van der Waals surface area contributed by atoms with Gasteiger partial charge in [0.1, 0.15) is 0 Å². The van der Waals surface area contributed by atoms with Gasteiger partial charge in [-0.05, 0) is 0 Å². The van der Waals surface area contributed by atoms with Gasteiger partial charge in [0, 0.05) is 0 Å². The van der Waals surface area contributed by atoms with E-state index in [1.807, 2.05) is 0 Å². The normalized spacial score (nSPS) is 5.40. The van der Waals surface area contributed by atoms with Crippen molar-refractivity contribution in [2.24, 2.45) is 0 Å². The largest absolute Gasteiger partial charge is 0.251 e. The highest BCUT2D eigenvalue weighted by Gasteiger charge is 1.81. The Labute approximate surface area is 49.1 Å². The topological polar surface area (TPSA) is 0 Å². The van der Waals surface area contributed by atoms with Gasteiger partial charge in [-0.15, -0.1) is 17.4 Å². The summed E-state index contributed by atoms with van der Waals surface area (Å²) in [5.74, 6) is 6.92. The SMILES string of the molecule is [AlH3].[CH3][Al]([CH3])[CH3]. The highest BCUT2D eigenvalue weighted by Crippen LogP contribution is 1.68. The van der Waals surface area contributed by atoms with Crippen LogP contribution in [0.3, 0.4) is 0 Å². The quantitative estimate of drug-likeness (QED) is 0.383. The zero-order chi connectivity index (χ0) is 3.58. The van der Waals surface area contributed by atoms with Crippen LogP contribution in [0.4, 0.5) is 0 Å². The molecule has 0 aliphatic heterocycles. The third kappa shape index (κ3) is 42.0. The van der Waals surface area contributed by atoms with Crippen LogP contribution in [0.5, 0.6) is 0 Å². The van der Waals surface area contributed by atoms with Crippen LogP contribution in [0.1, 0.15) is 0 Å². The van der Waals surface area contributed by atoms with Crippen LogP contribution in [0.25, 0.3) is 0 Å². The first kappa shape index (κ1) is 9.42. The Bertz CT molecular complexity index is 9.61. The fourth-order valence-electron chi connectivity index (χ4n) is 0. The van der Waals surface area contributed by atoms with E-state index in [-0.39, 0.29) is 31.5 Å². The number of rotatable bonds is 0. The summed E-state index contributed by atoms with van der Waals surface area (Å²) < 4.78 is 0. The summed E-state index contributed by atoms with van der Waals surface area (Å²) in [6.07, 6.45) is 0. The van der Waals surface area contributed by atoms with Gasteiger partial charge in [-0.1, -0.05) is 0 Å². The van der Waals surface area contributed by atoms with E-state index >= 15 is 0 Å². The molecule has 0 aliphatic rings. The molecule has 0 bridgehead atoms. The van der Waals surface area contributed by atoms with E-state index in [4.69, 9.17) is 0 Å². The lowest BCUT2D eigenvalue weighted by atomic mass is 11.8. The highest BCUT2D eigenvalue weighted by atomic mass is 27.2. The van der Waals surface area contributed by atoms with Crippen molar-refractivity contribution >= 4 is 31.5 Å². The second-order valence-corrected chi connectivity index (χ2v) is 5.20. The molecular formula is C3H12Al2. The van der Waals surface area contributed by atoms with Crippen LogP contribution in [0, 0.1) is 0 Å². The molecule has 0 saturated heterocycles. The van der Waals surface area contributed by atoms with Gasteiger partial charge in [-0.25, -0.2) is 0 Å². The summed E-state index contributed by atoms with van der Waals surface area (Å²) in [4.78, 5) is 0. The van der Waals surface area contributed by atoms with Crippen LogP contribution >= 0.6 is 0 Å². The third-order valence-electron chi connectivity index (χ3n) is 0. The lowest BCUT2D eigenvalue weighted by molar-refractivity contribution is 1.91. The first-order valence-corrected chi connectivity index (χ1v) is 5.20. The maximum Gasteiger partial charge on any atom is 0.251 e. The lowest BCUT2D eigenvalue weighted by Crippen LogP contribution is -1.84. The van der Waals surface area contributed by atoms with Gasteiger partial charge in [-0.2, -0.15) is 0 Å². The third-order valence-corrected chi connectivity index (χ3v) is 0. The van der Waals surface area contributed by atoms with E-state index in [2.05, 4.69) is 17.4 Å². The van der Waals surface area contributed by atoms with E-state index in [0.29, 0.717) is 0 Å². The summed E-state index contributed by atoms with van der Waals surface area (Å²) in [5.41, 5.74) is 0. The van der Waals surface area contributed by atoms with Crippen molar-refractivity contribution < 1.29 is 0 Å². The van der Waals surface area contributed by atoms with Crippen LogP contribution < -0.4 is 0 Å². The van der Waals surface area contributed by atoms with Crippen LogP contribution in [-0.4, -0.2) is 31.5 Å². The molecule has 0 aliphatic carbocycles. The van der Waals surface area contributed by atoms with Crippen molar-refractivity contribution in [1.82, 2.24) is 0 Å². The Balaban J connectivity index is 0. The summed E-state index contributed by atoms with van der Waals surface area (Å²) >= 11 is -0.139. The van der Waals surface area contributed by atoms with Gasteiger partial charge >= 0.3 is 0 Å². The molecule has 0 fully saturated rings. The molecule has 0 amide bonds. The second kappa shape index (κ2) is 5.06. The van der Waals surface area contributed by atoms with Crippen molar-refractivity contribution in [2.45, 2.75) is 17.4 Å². The van der Waals surface area contributed by atoms with E-state index in [9.17, 15) is 0 Å². The predicted octanol–water partition coefficient (Wildman–Crippen LogP) is 0.187. The monoisotopic (exact) mass is 102 g/mol. The first-order valence-electron chi connectivity index (χ1n) is 1.73. The molecule has 0 N–H and O–H groups in total. The average Bonchev–Trinajstić information content (AvgIpc) is 0.811. The van der Waals surface area contributed by atoms with Gasteiger partial charge < -0.3 is 0 Å². The average molecular weight is 102 g/mol. The fourth-order valence-corrected chi connectivity index (χ4v) is 0. The minimum atomic E-state index is -0.139. The molecule has 0 spiro atoms. The summed E-state index contributed by atoms with van der Waals surface area (Å²) in [7, 11) is 0. The minimum absolute atomic E-state index is 0. The smallest absolute Gasteiger partial charge is 0.106 e. The van der Waals surface area contributed by atoms with Gasteiger partial charge in [0.15, 0.2) is 17.4 Å². The highest BCUT2D eigenvalue weighted by molar-refractivity contribution is 6.54. The Morgan fingerprint density at radius 1 is 1.00 bits per heavy atom. The lowest BCUT2D eigenvalue weighted by Gasteiger charge is -1.67. The predicted molar refractivity (Wildman–Crippen MR) is 33.3 cm³/mol. The summed E-state index contributed by atoms with van der Waals surface area (Å²) in [6.45, 7) is 0. The zero-order valence-corrected chi connectivity index (χ0v) is 4.73. The van der Waals surface area contributed by atoms with Crippen molar-refractivity contribution in [2.75, 3.05) is 0 Å². The molecule has 0 saturated carbocycles. The zero-order valence-electron chi connectivity index (χ0n) is 3.58. The maximum atomic E-state index is 2.31. The molecule has 0 aromatic carbocycles. The van der Waals surface area contributed by atoms with Crippen molar-refractivity contribution in [3.05, 3.63) is 0 Å². The van der Waals surface area contributed by atoms with Crippen molar-refractivity contribution in [1.29, 1.82) is 0 Å². The molecule has 0 unspecified atom stereocenters. The molecular weight excluding hydrogens is 90.0 g/mol. The Hall–Kier alpha value is 1.06. The molecule has 0 heterocycles. The molecule has 0 radical (unpaired) electrons. The summed E-state index contributed by atoms with van der Waals surface area (Å²) in [6, 6.07) is 0. The molecule has 0 aromatic heterocycles. The standard InChI is InChI=1S/3CH3.2Al.3H/h3*1H3;;;;;. The Morgan fingerprint density at radius 3 is 1.00 bits per heavy atom. The first-order chi connectivity index (χ1) is 1.73. The van der Waals surface area contributed by atoms with Crippen LogP contribution in [0.2, 0.25) is 17.4 Å². The van der Waals surface area contributed by atoms with Gasteiger partial charge in [0.25, 0.3) is 14.1 Å². The number of hydrogen-bond donors (Lipinski definition) is 0. The molecule has 0 rings (SSSR count). The fraction of sp³-hybridized carbons (Fsp3) is 1.00. The van der Waals surface area contributed by atoms with E-state index in [0.717, 1.165) is 0 Å². The molecule has 0 nitrogen and oxygen atoms in total. The van der Waals surface area contributed by atoms with E-state index < -0.39 is 0 Å². The van der Waals surface area contributed by atoms with Crippen LogP contribution in [-0.2, 0) is 0 Å². The Kier molecular flexibility index (Phi) is 9.54. The van der Waals surface area contributed by atoms with E-state index in [1.54, 1.807) is 0 Å². The van der Waals surface area contributed by atoms with Crippen molar-refractivity contribution in [3.63, 3.8) is 0 Å².